The van der Waals surface area contributed by atoms with Gasteiger partial charge in [-0.3, -0.25) is 0 Å². The predicted molar refractivity (Wildman–Crippen MR) is 217 cm³/mol. The molecule has 0 saturated heterocycles. The summed E-state index contributed by atoms with van der Waals surface area (Å²) in [6.07, 6.45) is 1.02. The lowest BCUT2D eigenvalue weighted by molar-refractivity contribution is 0.411. The normalized spacial score (nSPS) is 12.2. The molecule has 0 unspecified atom stereocenters. The Morgan fingerprint density at radius 1 is 0.549 bits per heavy atom. The molecule has 3 aromatic heterocycles. The highest BCUT2D eigenvalue weighted by atomic mass is 32.1. The zero-order chi connectivity index (χ0) is 35.3. The molecule has 0 atom stereocenters. The number of nitrogens with zero attached hydrogens (tertiary/aromatic N) is 2. The van der Waals surface area contributed by atoms with E-state index in [1.807, 2.05) is 17.4 Å². The Kier molecular flexibility index (Phi) is 8.23. The van der Waals surface area contributed by atoms with Crippen molar-refractivity contribution in [2.45, 2.75) is 53.4 Å². The van der Waals surface area contributed by atoms with Gasteiger partial charge in [0, 0.05) is 38.7 Å². The fourth-order valence-corrected chi connectivity index (χ4v) is 8.10. The molecule has 8 aromatic rings. The molecule has 51 heavy (non-hydrogen) atoms. The Hall–Kier alpha value is -5.32. The lowest BCUT2D eigenvalue weighted by Gasteiger charge is -2.21. The molecule has 0 aliphatic heterocycles. The zero-order valence-electron chi connectivity index (χ0n) is 30.1. The van der Waals surface area contributed by atoms with E-state index in [9.17, 15) is 0 Å². The average Bonchev–Trinajstić information content (AvgIpc) is 3.48. The second kappa shape index (κ2) is 12.8. The van der Waals surface area contributed by atoms with E-state index in [0.29, 0.717) is 11.8 Å². The van der Waals surface area contributed by atoms with E-state index >= 15 is 0 Å². The molecule has 8 rings (SSSR count). The number of pyridine rings is 2. The molecule has 0 spiro atoms. The molecule has 5 aromatic carbocycles. The second-order valence-electron chi connectivity index (χ2n) is 15.8. The molecule has 0 bridgehead atoms. The Labute approximate surface area is 304 Å². The standard InChI is InChI=1S/C47H42N2OS/c1-46(2,3)29-30-19-22-38-39-28-43(49-44(45(39)51-41(38)23-30)36-21-20-32-15-10-11-16-33(32)25-36)50-42-27-37(47(4,5)6)26-40(48-42)35-18-12-17-34(24-35)31-13-8-7-9-14-31/h7-28H,29H2,1-6H3. The summed E-state index contributed by atoms with van der Waals surface area (Å²) in [4.78, 5) is 10.4. The summed E-state index contributed by atoms with van der Waals surface area (Å²) >= 11 is 1.82. The Morgan fingerprint density at radius 2 is 1.27 bits per heavy atom. The molecule has 0 amide bonds. The van der Waals surface area contributed by atoms with Crippen molar-refractivity contribution in [1.82, 2.24) is 9.97 Å². The van der Waals surface area contributed by atoms with Crippen LogP contribution in [0.1, 0.15) is 52.7 Å². The molecule has 3 heterocycles. The van der Waals surface area contributed by atoms with Crippen molar-refractivity contribution >= 4 is 42.3 Å². The lowest BCUT2D eigenvalue weighted by Crippen LogP contribution is -2.12. The van der Waals surface area contributed by atoms with Crippen LogP contribution in [0.4, 0.5) is 0 Å². The van der Waals surface area contributed by atoms with Gasteiger partial charge < -0.3 is 4.74 Å². The van der Waals surface area contributed by atoms with Crippen LogP contribution in [-0.2, 0) is 11.8 Å². The number of fused-ring (bicyclic) bond motifs is 4. The van der Waals surface area contributed by atoms with Gasteiger partial charge in [0.25, 0.3) is 0 Å². The third kappa shape index (κ3) is 6.89. The Balaban J connectivity index is 1.27. The van der Waals surface area contributed by atoms with Gasteiger partial charge in [-0.1, -0.05) is 139 Å². The van der Waals surface area contributed by atoms with E-state index in [1.54, 1.807) is 0 Å². The van der Waals surface area contributed by atoms with Gasteiger partial charge in [0.05, 0.1) is 16.1 Å². The van der Waals surface area contributed by atoms with Gasteiger partial charge in [0.2, 0.25) is 11.8 Å². The first-order chi connectivity index (χ1) is 24.5. The van der Waals surface area contributed by atoms with Gasteiger partial charge in [-0.15, -0.1) is 11.3 Å². The number of hydrogen-bond donors (Lipinski definition) is 0. The number of aromatic nitrogens is 2. The van der Waals surface area contributed by atoms with Crippen LogP contribution >= 0.6 is 11.3 Å². The molecule has 3 nitrogen and oxygen atoms in total. The maximum atomic E-state index is 6.74. The third-order valence-corrected chi connectivity index (χ3v) is 10.6. The average molecular weight is 683 g/mol. The van der Waals surface area contributed by atoms with Crippen molar-refractivity contribution in [3.8, 4) is 45.4 Å². The summed E-state index contributed by atoms with van der Waals surface area (Å²) in [5, 5.41) is 4.76. The first kappa shape index (κ1) is 32.9. The van der Waals surface area contributed by atoms with Crippen LogP contribution in [0.3, 0.4) is 0 Å². The molecule has 4 heteroatoms. The predicted octanol–water partition coefficient (Wildman–Crippen LogP) is 13.7. The highest BCUT2D eigenvalue weighted by Crippen LogP contribution is 2.43. The molecule has 0 radical (unpaired) electrons. The van der Waals surface area contributed by atoms with Crippen molar-refractivity contribution in [1.29, 1.82) is 0 Å². The second-order valence-corrected chi connectivity index (χ2v) is 16.8. The molecule has 0 N–H and O–H groups in total. The third-order valence-electron chi connectivity index (χ3n) is 9.40. The summed E-state index contributed by atoms with van der Waals surface area (Å²) in [5.41, 5.74) is 8.83. The van der Waals surface area contributed by atoms with Crippen molar-refractivity contribution in [3.63, 3.8) is 0 Å². The van der Waals surface area contributed by atoms with Gasteiger partial charge in [-0.2, -0.15) is 0 Å². The van der Waals surface area contributed by atoms with Gasteiger partial charge in [0.1, 0.15) is 0 Å². The smallest absolute Gasteiger partial charge is 0.222 e. The highest BCUT2D eigenvalue weighted by Gasteiger charge is 2.21. The largest absolute Gasteiger partial charge is 0.421 e. The van der Waals surface area contributed by atoms with Crippen molar-refractivity contribution in [2.24, 2.45) is 5.41 Å². The first-order valence-electron chi connectivity index (χ1n) is 17.7. The quantitative estimate of drug-likeness (QED) is 0.175. The van der Waals surface area contributed by atoms with Crippen molar-refractivity contribution in [3.05, 3.63) is 145 Å². The minimum Gasteiger partial charge on any atom is -0.421 e. The van der Waals surface area contributed by atoms with E-state index in [1.165, 1.54) is 32.0 Å². The number of hydrogen-bond acceptors (Lipinski definition) is 4. The summed E-state index contributed by atoms with van der Waals surface area (Å²) in [7, 11) is 0. The van der Waals surface area contributed by atoms with Crippen LogP contribution in [-0.4, -0.2) is 9.97 Å². The van der Waals surface area contributed by atoms with Gasteiger partial charge in [-0.05, 0) is 74.5 Å². The number of benzene rings is 5. The van der Waals surface area contributed by atoms with Crippen LogP contribution < -0.4 is 4.74 Å². The topological polar surface area (TPSA) is 35.0 Å². The summed E-state index contributed by atoms with van der Waals surface area (Å²) in [6, 6.07) is 47.4. The van der Waals surface area contributed by atoms with Crippen LogP contribution in [0.2, 0.25) is 0 Å². The summed E-state index contributed by atoms with van der Waals surface area (Å²) in [6.45, 7) is 13.6. The summed E-state index contributed by atoms with van der Waals surface area (Å²) in [5.74, 6) is 1.07. The Morgan fingerprint density at radius 3 is 2.06 bits per heavy atom. The van der Waals surface area contributed by atoms with Crippen LogP contribution in [0.25, 0.3) is 64.6 Å². The molecule has 0 fully saturated rings. The minimum atomic E-state index is -0.116. The summed E-state index contributed by atoms with van der Waals surface area (Å²) < 4.78 is 9.17. The number of thiophene rings is 1. The molecular weight excluding hydrogens is 641 g/mol. The molecular formula is C47H42N2OS. The molecule has 0 aliphatic carbocycles. The number of rotatable bonds is 6. The van der Waals surface area contributed by atoms with Gasteiger partial charge in [0.15, 0.2) is 0 Å². The van der Waals surface area contributed by atoms with Crippen LogP contribution in [0.5, 0.6) is 11.8 Å². The molecule has 252 valence electrons. The fraction of sp³-hybridized carbons (Fsp3) is 0.191. The lowest BCUT2D eigenvalue weighted by atomic mass is 9.86. The van der Waals surface area contributed by atoms with Gasteiger partial charge >= 0.3 is 0 Å². The maximum absolute atomic E-state index is 6.74. The number of ether oxygens (including phenoxy) is 1. The maximum Gasteiger partial charge on any atom is 0.222 e. The van der Waals surface area contributed by atoms with Crippen LogP contribution in [0.15, 0.2) is 133 Å². The minimum absolute atomic E-state index is 0.116. The van der Waals surface area contributed by atoms with E-state index in [2.05, 4.69) is 169 Å². The fourth-order valence-electron chi connectivity index (χ4n) is 6.84. The van der Waals surface area contributed by atoms with E-state index in [0.717, 1.165) is 50.1 Å². The van der Waals surface area contributed by atoms with E-state index in [4.69, 9.17) is 14.7 Å². The zero-order valence-corrected chi connectivity index (χ0v) is 30.9. The first-order valence-corrected chi connectivity index (χ1v) is 18.5. The van der Waals surface area contributed by atoms with E-state index in [-0.39, 0.29) is 10.8 Å². The molecule has 0 aliphatic rings. The van der Waals surface area contributed by atoms with Crippen LogP contribution in [0, 0.1) is 5.41 Å². The van der Waals surface area contributed by atoms with Crippen molar-refractivity contribution in [2.75, 3.05) is 0 Å². The van der Waals surface area contributed by atoms with Crippen molar-refractivity contribution < 1.29 is 4.74 Å². The van der Waals surface area contributed by atoms with Gasteiger partial charge in [-0.25, -0.2) is 9.97 Å². The van der Waals surface area contributed by atoms with E-state index < -0.39 is 0 Å². The monoisotopic (exact) mass is 682 g/mol. The molecule has 0 saturated carbocycles. The SMILES string of the molecule is CC(C)(C)Cc1ccc2c(c1)sc1c(-c3ccc4ccccc4c3)nc(Oc3cc(C(C)(C)C)cc(-c4cccc(-c5ccccc5)c4)n3)cc12. The Bertz CT molecular complexity index is 2550. The highest BCUT2D eigenvalue weighted by molar-refractivity contribution is 7.26.